The summed E-state index contributed by atoms with van der Waals surface area (Å²) in [7, 11) is 0. The van der Waals surface area contributed by atoms with Crippen LogP contribution in [-0.4, -0.2) is 22.2 Å². The average molecular weight is 224 g/mol. The first-order chi connectivity index (χ1) is 7.04. The topological polar surface area (TPSA) is 74.6 Å². The van der Waals surface area contributed by atoms with Gasteiger partial charge in [-0.25, -0.2) is 0 Å². The van der Waals surface area contributed by atoms with Gasteiger partial charge in [0.15, 0.2) is 0 Å². The van der Waals surface area contributed by atoms with Gasteiger partial charge in [0.25, 0.3) is 0 Å². The van der Waals surface area contributed by atoms with E-state index >= 15 is 0 Å². The molecule has 0 amide bonds. The Hall–Kier alpha value is -0.463. The van der Waals surface area contributed by atoms with Crippen molar-refractivity contribution < 1.29 is 38.7 Å². The third kappa shape index (κ3) is 29.2. The van der Waals surface area contributed by atoms with E-state index in [-0.39, 0.29) is 18.9 Å². The molecule has 0 aliphatic rings. The van der Waals surface area contributed by atoms with Gasteiger partial charge in [-0.05, 0) is 0 Å². The number of carbonyl (C=O) groups is 2. The smallest absolute Gasteiger partial charge is 0.481 e. The number of hydrogen-bond acceptors (Lipinski definition) is 2. The normalized spacial score (nSPS) is 8.38. The summed E-state index contributed by atoms with van der Waals surface area (Å²) in [6.45, 7) is 4.38. The molecule has 0 spiro atoms. The minimum Gasteiger partial charge on any atom is -0.481 e. The van der Waals surface area contributed by atoms with Crippen molar-refractivity contribution in [3.05, 3.63) is 6.42 Å². The van der Waals surface area contributed by atoms with Gasteiger partial charge < -0.3 is 16.6 Å². The molecule has 0 unspecified atom stereocenters. The van der Waals surface area contributed by atoms with Crippen LogP contribution in [0.5, 0.6) is 0 Å². The van der Waals surface area contributed by atoms with E-state index in [4.69, 9.17) is 10.2 Å². The van der Waals surface area contributed by atoms with Crippen molar-refractivity contribution in [2.75, 3.05) is 0 Å². The first-order valence-corrected chi connectivity index (χ1v) is 5.26. The van der Waals surface area contributed by atoms with Gasteiger partial charge in [0.05, 0.1) is 0 Å². The number of carboxylic acids is 2. The Balaban J connectivity index is -0.000000200. The molecule has 0 aromatic rings. The summed E-state index contributed by atoms with van der Waals surface area (Å²) in [5, 5.41) is 15.4. The molecular weight excluding hydrogens is 203 g/mol. The van der Waals surface area contributed by atoms with Gasteiger partial charge in [-0.2, -0.15) is 13.3 Å². The first kappa shape index (κ1) is 20.9. The van der Waals surface area contributed by atoms with Crippen molar-refractivity contribution in [1.82, 2.24) is 0 Å². The van der Waals surface area contributed by atoms with E-state index in [1.165, 1.54) is 32.1 Å². The molecule has 0 aromatic carbocycles. The molecule has 2 N–H and O–H groups in total. The van der Waals surface area contributed by atoms with Gasteiger partial charge >= 0.3 is 30.8 Å². The zero-order valence-corrected chi connectivity index (χ0v) is 10.5. The Morgan fingerprint density at radius 1 is 1.06 bits per heavy atom. The fourth-order valence-electron chi connectivity index (χ4n) is 0.905. The summed E-state index contributed by atoms with van der Waals surface area (Å²) in [6, 6.07) is 0. The van der Waals surface area contributed by atoms with Crippen molar-refractivity contribution in [1.29, 1.82) is 0 Å². The molecule has 0 heterocycles. The van der Waals surface area contributed by atoms with Crippen molar-refractivity contribution >= 4 is 11.9 Å². The maximum Gasteiger partial charge on any atom is 1.00 e. The van der Waals surface area contributed by atoms with Crippen LogP contribution < -0.4 is 18.9 Å². The van der Waals surface area contributed by atoms with Crippen LogP contribution in [0.25, 0.3) is 0 Å². The third-order valence-electron chi connectivity index (χ3n) is 1.65. The standard InChI is InChI=1S/C8H17.C3H4O4.Li/c1-3-5-7-8-6-4-2;4-2(5)1-3(6)7;/h3H,4-8H2,1-2H3;1H2,(H,4,5)(H,6,7);/q-1;;+1. The fourth-order valence-corrected chi connectivity index (χ4v) is 0.905. The number of aliphatic carboxylic acids is 2. The molecule has 0 aliphatic heterocycles. The molecule has 0 bridgehead atoms. The molecule has 0 aromatic heterocycles. The van der Waals surface area contributed by atoms with Crippen LogP contribution in [0.3, 0.4) is 0 Å². The van der Waals surface area contributed by atoms with Gasteiger partial charge in [0.2, 0.25) is 0 Å². The van der Waals surface area contributed by atoms with Crippen LogP contribution >= 0.6 is 0 Å². The molecule has 90 valence electrons. The van der Waals surface area contributed by atoms with E-state index in [1.54, 1.807) is 0 Å². The molecule has 4 nitrogen and oxygen atoms in total. The van der Waals surface area contributed by atoms with Crippen LogP contribution in [0.1, 0.15) is 52.4 Å². The summed E-state index contributed by atoms with van der Waals surface area (Å²) in [4.78, 5) is 18.9. The minimum absolute atomic E-state index is 0. The molecule has 0 atom stereocenters. The van der Waals surface area contributed by atoms with E-state index in [1.807, 2.05) is 0 Å². The Labute approximate surface area is 110 Å². The van der Waals surface area contributed by atoms with E-state index in [0.29, 0.717) is 0 Å². The molecule has 0 rings (SSSR count). The molecule has 0 radical (unpaired) electrons. The second kappa shape index (κ2) is 16.9. The number of unbranched alkanes of at least 4 members (excludes halogenated alkanes) is 5. The number of hydrogen-bond donors (Lipinski definition) is 2. The monoisotopic (exact) mass is 224 g/mol. The largest absolute Gasteiger partial charge is 1.00 e. The number of rotatable bonds is 7. The zero-order valence-electron chi connectivity index (χ0n) is 10.5. The molecule has 0 fully saturated rings. The average Bonchev–Trinajstić information content (AvgIpc) is 2.11. The Bertz CT molecular complexity index is 153. The predicted octanol–water partition coefficient (Wildman–Crippen LogP) is -0.269. The maximum absolute atomic E-state index is 9.43. The summed E-state index contributed by atoms with van der Waals surface area (Å²) in [5.41, 5.74) is 0. The van der Waals surface area contributed by atoms with E-state index < -0.39 is 18.4 Å². The van der Waals surface area contributed by atoms with Crippen molar-refractivity contribution in [2.45, 2.75) is 52.4 Å². The second-order valence-corrected chi connectivity index (χ2v) is 3.22. The second-order valence-electron chi connectivity index (χ2n) is 3.22. The Morgan fingerprint density at radius 3 is 1.81 bits per heavy atom. The number of carboxylic acid groups (broad SMARTS) is 2. The third-order valence-corrected chi connectivity index (χ3v) is 1.65. The SMILES string of the molecule is C[CH-]CCCCCC.O=C(O)CC(=O)O.[Li+]. The van der Waals surface area contributed by atoms with Crippen molar-refractivity contribution in [3.63, 3.8) is 0 Å². The summed E-state index contributed by atoms with van der Waals surface area (Å²) in [5.74, 6) is -2.62. The molecule has 0 saturated heterocycles. The predicted molar refractivity (Wildman–Crippen MR) is 58.6 cm³/mol. The summed E-state index contributed by atoms with van der Waals surface area (Å²) in [6.07, 6.45) is 8.32. The molecule has 0 aliphatic carbocycles. The Kier molecular flexibility index (Phi) is 22.1. The van der Waals surface area contributed by atoms with E-state index in [0.717, 1.165) is 0 Å². The molecule has 0 saturated carbocycles. The molecular formula is C11H21LiO4. The van der Waals surface area contributed by atoms with Gasteiger partial charge in [0.1, 0.15) is 6.42 Å². The van der Waals surface area contributed by atoms with Crippen LogP contribution in [0, 0.1) is 6.42 Å². The van der Waals surface area contributed by atoms with Gasteiger partial charge in [-0.15, -0.1) is 0 Å². The Morgan fingerprint density at radius 2 is 1.56 bits per heavy atom. The van der Waals surface area contributed by atoms with Crippen LogP contribution in [0.4, 0.5) is 0 Å². The van der Waals surface area contributed by atoms with E-state index in [2.05, 4.69) is 20.3 Å². The van der Waals surface area contributed by atoms with Crippen LogP contribution in [-0.2, 0) is 9.59 Å². The maximum atomic E-state index is 9.43. The van der Waals surface area contributed by atoms with Crippen LogP contribution in [0.2, 0.25) is 0 Å². The zero-order chi connectivity index (χ0) is 12.1. The van der Waals surface area contributed by atoms with Crippen LogP contribution in [0.15, 0.2) is 0 Å². The van der Waals surface area contributed by atoms with Crippen molar-refractivity contribution in [3.8, 4) is 0 Å². The molecule has 16 heavy (non-hydrogen) atoms. The van der Waals surface area contributed by atoms with Gasteiger partial charge in [-0.1, -0.05) is 32.6 Å². The quantitative estimate of drug-likeness (QED) is 0.270. The van der Waals surface area contributed by atoms with Gasteiger partial charge in [0, 0.05) is 0 Å². The summed E-state index contributed by atoms with van der Waals surface area (Å²) >= 11 is 0. The van der Waals surface area contributed by atoms with Gasteiger partial charge in [-0.3, -0.25) is 9.59 Å². The van der Waals surface area contributed by atoms with E-state index in [9.17, 15) is 9.59 Å². The summed E-state index contributed by atoms with van der Waals surface area (Å²) < 4.78 is 0. The molecule has 5 heteroatoms. The first-order valence-electron chi connectivity index (χ1n) is 5.26. The van der Waals surface area contributed by atoms with Crippen molar-refractivity contribution in [2.24, 2.45) is 0 Å². The fraction of sp³-hybridized carbons (Fsp3) is 0.727. The minimum atomic E-state index is -1.31.